The molecular weight excluding hydrogens is 172 g/mol. The Morgan fingerprint density at radius 3 is 2.93 bits per heavy atom. The maximum Gasteiger partial charge on any atom is 0.0603 e. The Hall–Kier alpha value is -1.05. The van der Waals surface area contributed by atoms with Crippen LogP contribution < -0.4 is 5.32 Å². The molecule has 1 atom stereocenters. The van der Waals surface area contributed by atoms with Gasteiger partial charge in [-0.25, -0.2) is 0 Å². The van der Waals surface area contributed by atoms with Crippen LogP contribution in [0.5, 0.6) is 0 Å². The summed E-state index contributed by atoms with van der Waals surface area (Å²) >= 11 is 0. The molecule has 1 N–H and O–H groups in total. The molecule has 1 aromatic rings. The molecule has 0 radical (unpaired) electrons. The van der Waals surface area contributed by atoms with Gasteiger partial charge in [0.1, 0.15) is 0 Å². The van der Waals surface area contributed by atoms with E-state index in [0.29, 0.717) is 6.04 Å². The van der Waals surface area contributed by atoms with Crippen molar-refractivity contribution in [3.63, 3.8) is 0 Å². The van der Waals surface area contributed by atoms with Gasteiger partial charge in [-0.15, -0.1) is 0 Å². The molecule has 0 bridgehead atoms. The van der Waals surface area contributed by atoms with Gasteiger partial charge in [-0.2, -0.15) is 0 Å². The summed E-state index contributed by atoms with van der Waals surface area (Å²) in [6.07, 6.45) is 5.60. The highest BCUT2D eigenvalue weighted by Crippen LogP contribution is 2.13. The lowest BCUT2D eigenvalue weighted by Gasteiger charge is -2.15. The van der Waals surface area contributed by atoms with E-state index in [4.69, 9.17) is 0 Å². The maximum absolute atomic E-state index is 4.25. The molecule has 1 unspecified atom stereocenters. The van der Waals surface area contributed by atoms with Crippen molar-refractivity contribution in [3.8, 4) is 0 Å². The summed E-state index contributed by atoms with van der Waals surface area (Å²) in [6, 6.07) is 4.60. The summed E-state index contributed by atoms with van der Waals surface area (Å²) in [5, 5.41) is 3.48. The number of unbranched alkanes of at least 4 members (excludes halogenated alkanes) is 1. The number of hydrogen-bond donors (Lipinski definition) is 1. The number of pyridine rings is 1. The van der Waals surface area contributed by atoms with Gasteiger partial charge in [0, 0.05) is 12.2 Å². The summed E-state index contributed by atoms with van der Waals surface area (Å²) in [4.78, 5) is 4.25. The Morgan fingerprint density at radius 2 is 2.29 bits per heavy atom. The van der Waals surface area contributed by atoms with Gasteiger partial charge in [-0.3, -0.25) is 4.98 Å². The van der Waals surface area contributed by atoms with E-state index < -0.39 is 0 Å². The topological polar surface area (TPSA) is 24.9 Å². The Bertz CT molecular complexity index is 271. The lowest BCUT2D eigenvalue weighted by Crippen LogP contribution is -2.15. The van der Waals surface area contributed by atoms with Crippen molar-refractivity contribution in [1.29, 1.82) is 0 Å². The third-order valence-electron chi connectivity index (χ3n) is 2.40. The summed E-state index contributed by atoms with van der Waals surface area (Å²) in [5.74, 6) is 0. The number of anilines is 1. The zero-order chi connectivity index (χ0) is 10.4. The molecule has 0 amide bonds. The molecule has 0 spiro atoms. The van der Waals surface area contributed by atoms with Crippen LogP contribution in [0.25, 0.3) is 0 Å². The van der Waals surface area contributed by atoms with E-state index in [1.54, 1.807) is 0 Å². The first-order valence-corrected chi connectivity index (χ1v) is 5.42. The fourth-order valence-corrected chi connectivity index (χ4v) is 1.48. The van der Waals surface area contributed by atoms with Crippen LogP contribution in [0.3, 0.4) is 0 Å². The van der Waals surface area contributed by atoms with E-state index >= 15 is 0 Å². The summed E-state index contributed by atoms with van der Waals surface area (Å²) in [6.45, 7) is 6.49. The van der Waals surface area contributed by atoms with Gasteiger partial charge in [0.15, 0.2) is 0 Å². The normalized spacial score (nSPS) is 12.5. The van der Waals surface area contributed by atoms with Crippen LogP contribution in [0, 0.1) is 6.92 Å². The Kier molecular flexibility index (Phi) is 4.44. The minimum absolute atomic E-state index is 0.540. The second-order valence-electron chi connectivity index (χ2n) is 3.82. The number of aryl methyl sites for hydroxylation is 1. The number of aromatic nitrogens is 1. The van der Waals surface area contributed by atoms with Gasteiger partial charge in [-0.1, -0.05) is 19.8 Å². The SMILES string of the molecule is CCCCC(C)Nc1cccnc1C. The van der Waals surface area contributed by atoms with Crippen LogP contribution in [-0.2, 0) is 0 Å². The second kappa shape index (κ2) is 5.63. The number of rotatable bonds is 5. The fraction of sp³-hybridized carbons (Fsp3) is 0.583. The number of nitrogens with zero attached hydrogens (tertiary/aromatic N) is 1. The molecule has 0 saturated heterocycles. The smallest absolute Gasteiger partial charge is 0.0603 e. The zero-order valence-corrected chi connectivity index (χ0v) is 9.38. The number of nitrogens with one attached hydrogen (secondary N) is 1. The molecule has 14 heavy (non-hydrogen) atoms. The monoisotopic (exact) mass is 192 g/mol. The van der Waals surface area contributed by atoms with E-state index in [1.807, 2.05) is 19.2 Å². The minimum atomic E-state index is 0.540. The molecule has 1 heterocycles. The Balaban J connectivity index is 2.47. The molecule has 0 saturated carbocycles. The average molecular weight is 192 g/mol. The molecule has 2 nitrogen and oxygen atoms in total. The van der Waals surface area contributed by atoms with Crippen molar-refractivity contribution >= 4 is 5.69 Å². The summed E-state index contributed by atoms with van der Waals surface area (Å²) < 4.78 is 0. The fourth-order valence-electron chi connectivity index (χ4n) is 1.48. The molecular formula is C12H20N2. The van der Waals surface area contributed by atoms with Crippen LogP contribution in [0.2, 0.25) is 0 Å². The van der Waals surface area contributed by atoms with Gasteiger partial charge in [0.25, 0.3) is 0 Å². The van der Waals surface area contributed by atoms with Crippen LogP contribution in [0.1, 0.15) is 38.8 Å². The van der Waals surface area contributed by atoms with Gasteiger partial charge < -0.3 is 5.32 Å². The van der Waals surface area contributed by atoms with Crippen molar-refractivity contribution in [2.45, 2.75) is 46.1 Å². The van der Waals surface area contributed by atoms with Crippen molar-refractivity contribution < 1.29 is 0 Å². The molecule has 0 aromatic carbocycles. The van der Waals surface area contributed by atoms with Crippen LogP contribution in [0.15, 0.2) is 18.3 Å². The standard InChI is InChI=1S/C12H20N2/c1-4-5-7-10(2)14-12-8-6-9-13-11(12)3/h6,8-10,14H,4-5,7H2,1-3H3. The van der Waals surface area contributed by atoms with Gasteiger partial charge in [-0.05, 0) is 32.4 Å². The average Bonchev–Trinajstić information content (AvgIpc) is 2.18. The minimum Gasteiger partial charge on any atom is -0.381 e. The quantitative estimate of drug-likeness (QED) is 0.773. The zero-order valence-electron chi connectivity index (χ0n) is 9.38. The first-order chi connectivity index (χ1) is 6.74. The lowest BCUT2D eigenvalue weighted by molar-refractivity contribution is 0.644. The highest BCUT2D eigenvalue weighted by molar-refractivity contribution is 5.47. The third-order valence-corrected chi connectivity index (χ3v) is 2.40. The van der Waals surface area contributed by atoms with Crippen LogP contribution >= 0.6 is 0 Å². The van der Waals surface area contributed by atoms with Gasteiger partial charge in [0.2, 0.25) is 0 Å². The van der Waals surface area contributed by atoms with Crippen molar-refractivity contribution in [3.05, 3.63) is 24.0 Å². The predicted molar refractivity (Wildman–Crippen MR) is 61.6 cm³/mol. The van der Waals surface area contributed by atoms with Crippen LogP contribution in [-0.4, -0.2) is 11.0 Å². The lowest BCUT2D eigenvalue weighted by atomic mass is 10.1. The Morgan fingerprint density at radius 1 is 1.50 bits per heavy atom. The van der Waals surface area contributed by atoms with Crippen molar-refractivity contribution in [2.24, 2.45) is 0 Å². The summed E-state index contributed by atoms with van der Waals surface area (Å²) in [5.41, 5.74) is 2.24. The largest absolute Gasteiger partial charge is 0.381 e. The van der Waals surface area contributed by atoms with E-state index in [0.717, 1.165) is 11.4 Å². The van der Waals surface area contributed by atoms with E-state index in [-0.39, 0.29) is 0 Å². The van der Waals surface area contributed by atoms with Crippen molar-refractivity contribution in [2.75, 3.05) is 5.32 Å². The van der Waals surface area contributed by atoms with Gasteiger partial charge >= 0.3 is 0 Å². The van der Waals surface area contributed by atoms with Crippen molar-refractivity contribution in [1.82, 2.24) is 4.98 Å². The second-order valence-corrected chi connectivity index (χ2v) is 3.82. The van der Waals surface area contributed by atoms with E-state index in [1.165, 1.54) is 19.3 Å². The molecule has 2 heteroatoms. The molecule has 0 aliphatic heterocycles. The first kappa shape index (κ1) is 11.0. The highest BCUT2D eigenvalue weighted by atomic mass is 14.9. The van der Waals surface area contributed by atoms with E-state index in [2.05, 4.69) is 30.2 Å². The summed E-state index contributed by atoms with van der Waals surface area (Å²) in [7, 11) is 0. The first-order valence-electron chi connectivity index (χ1n) is 5.42. The van der Waals surface area contributed by atoms with Gasteiger partial charge in [0.05, 0.1) is 11.4 Å². The molecule has 0 fully saturated rings. The molecule has 78 valence electrons. The Labute approximate surface area is 86.8 Å². The maximum atomic E-state index is 4.25. The molecule has 1 aromatic heterocycles. The third kappa shape index (κ3) is 3.36. The highest BCUT2D eigenvalue weighted by Gasteiger charge is 2.03. The van der Waals surface area contributed by atoms with Crippen LogP contribution in [0.4, 0.5) is 5.69 Å². The number of hydrogen-bond acceptors (Lipinski definition) is 2. The molecule has 0 aliphatic rings. The molecule has 1 rings (SSSR count). The predicted octanol–water partition coefficient (Wildman–Crippen LogP) is 3.38. The van der Waals surface area contributed by atoms with E-state index in [9.17, 15) is 0 Å². The molecule has 0 aliphatic carbocycles.